The summed E-state index contributed by atoms with van der Waals surface area (Å²) in [6.45, 7) is 4.51. The zero-order valence-electron chi connectivity index (χ0n) is 11.0. The van der Waals surface area contributed by atoms with Gasteiger partial charge >= 0.3 is 0 Å². The third kappa shape index (κ3) is 2.77. The molecule has 0 aromatic heterocycles. The molecule has 3 heteroatoms. The van der Waals surface area contributed by atoms with Crippen LogP contribution in [0.5, 0.6) is 0 Å². The van der Waals surface area contributed by atoms with E-state index < -0.39 is 0 Å². The van der Waals surface area contributed by atoms with Crippen LogP contribution in [0.4, 0.5) is 4.39 Å². The van der Waals surface area contributed by atoms with Crippen LogP contribution in [0, 0.1) is 17.2 Å². The summed E-state index contributed by atoms with van der Waals surface area (Å²) in [7, 11) is 0. The molecule has 2 atom stereocenters. The van der Waals surface area contributed by atoms with Crippen LogP contribution in [0.2, 0.25) is 0 Å². The Hall–Kier alpha value is -0.410. The fraction of sp³-hybridized carbons (Fsp3) is 0.600. The molecule has 1 aromatic carbocycles. The Kier molecular flexibility index (Phi) is 4.12. The molecule has 0 aliphatic heterocycles. The third-order valence-electron chi connectivity index (χ3n) is 4.34. The molecule has 2 N–H and O–H groups in total. The second-order valence-corrected chi connectivity index (χ2v) is 6.95. The second kappa shape index (κ2) is 5.30. The molecule has 2 unspecified atom stereocenters. The molecule has 1 aromatic rings. The van der Waals surface area contributed by atoms with Gasteiger partial charge in [0.15, 0.2) is 0 Å². The highest BCUT2D eigenvalue weighted by molar-refractivity contribution is 9.10. The Bertz CT molecular complexity index is 431. The van der Waals surface area contributed by atoms with Crippen LogP contribution in [0.1, 0.15) is 51.1 Å². The minimum absolute atomic E-state index is 0.188. The van der Waals surface area contributed by atoms with Gasteiger partial charge in [-0.2, -0.15) is 0 Å². The smallest absolute Gasteiger partial charge is 0.128 e. The molecule has 2 rings (SSSR count). The van der Waals surface area contributed by atoms with Crippen LogP contribution in [-0.4, -0.2) is 0 Å². The Balaban J connectivity index is 2.29. The van der Waals surface area contributed by atoms with Crippen molar-refractivity contribution in [1.82, 2.24) is 0 Å². The van der Waals surface area contributed by atoms with Crippen molar-refractivity contribution in [2.24, 2.45) is 17.1 Å². The lowest BCUT2D eigenvalue weighted by atomic mass is 9.65. The highest BCUT2D eigenvalue weighted by Crippen LogP contribution is 2.46. The minimum atomic E-state index is -0.210. The van der Waals surface area contributed by atoms with Crippen molar-refractivity contribution in [2.75, 3.05) is 0 Å². The summed E-state index contributed by atoms with van der Waals surface area (Å²) in [5, 5.41) is 0. The Labute approximate surface area is 117 Å². The van der Waals surface area contributed by atoms with Crippen LogP contribution < -0.4 is 5.73 Å². The van der Waals surface area contributed by atoms with Crippen molar-refractivity contribution in [3.05, 3.63) is 34.1 Å². The van der Waals surface area contributed by atoms with Gasteiger partial charge in [0.05, 0.1) is 0 Å². The zero-order chi connectivity index (χ0) is 13.3. The number of hydrogen-bond donors (Lipinski definition) is 1. The average Bonchev–Trinajstić information content (AvgIpc) is 2.31. The molecule has 0 amide bonds. The summed E-state index contributed by atoms with van der Waals surface area (Å²) in [4.78, 5) is 0. The predicted molar refractivity (Wildman–Crippen MR) is 76.8 cm³/mol. The van der Waals surface area contributed by atoms with Crippen molar-refractivity contribution in [3.8, 4) is 0 Å². The Morgan fingerprint density at radius 1 is 1.39 bits per heavy atom. The summed E-state index contributed by atoms with van der Waals surface area (Å²) < 4.78 is 14.8. The number of rotatable bonds is 2. The second-order valence-electron chi connectivity index (χ2n) is 6.03. The first-order valence-corrected chi connectivity index (χ1v) is 7.41. The van der Waals surface area contributed by atoms with Gasteiger partial charge in [-0.25, -0.2) is 4.39 Å². The van der Waals surface area contributed by atoms with Crippen LogP contribution >= 0.6 is 15.9 Å². The molecule has 1 aliphatic rings. The number of halogens is 2. The van der Waals surface area contributed by atoms with Crippen molar-refractivity contribution in [2.45, 2.75) is 45.6 Å². The lowest BCUT2D eigenvalue weighted by Crippen LogP contribution is -2.36. The lowest BCUT2D eigenvalue weighted by molar-refractivity contribution is 0.111. The fourth-order valence-corrected chi connectivity index (χ4v) is 3.55. The molecule has 0 saturated heterocycles. The molecule has 1 aliphatic carbocycles. The van der Waals surface area contributed by atoms with E-state index in [0.29, 0.717) is 11.5 Å². The van der Waals surface area contributed by atoms with Gasteiger partial charge < -0.3 is 5.73 Å². The standard InChI is InChI=1S/C15H21BrFN/c1-15(2)8-4-3-5-12(15)14(18)11-9-10(16)6-7-13(11)17/h6-7,9,12,14H,3-5,8,18H2,1-2H3. The zero-order valence-corrected chi connectivity index (χ0v) is 12.6. The first kappa shape index (κ1) is 14.0. The summed E-state index contributed by atoms with van der Waals surface area (Å²) >= 11 is 3.39. The molecule has 100 valence electrons. The molecular formula is C15H21BrFN. The molecule has 0 bridgehead atoms. The molecular weight excluding hydrogens is 293 g/mol. The van der Waals surface area contributed by atoms with E-state index in [1.807, 2.05) is 6.07 Å². The molecule has 18 heavy (non-hydrogen) atoms. The summed E-state index contributed by atoms with van der Waals surface area (Å²) in [5.41, 5.74) is 7.20. The summed E-state index contributed by atoms with van der Waals surface area (Å²) in [6, 6.07) is 4.83. The van der Waals surface area contributed by atoms with Crippen molar-refractivity contribution < 1.29 is 4.39 Å². The topological polar surface area (TPSA) is 26.0 Å². The minimum Gasteiger partial charge on any atom is -0.324 e. The van der Waals surface area contributed by atoms with Gasteiger partial charge in [0, 0.05) is 16.1 Å². The summed E-state index contributed by atoms with van der Waals surface area (Å²) in [5.74, 6) is 0.169. The maximum absolute atomic E-state index is 13.9. The molecule has 1 saturated carbocycles. The highest BCUT2D eigenvalue weighted by Gasteiger charge is 2.37. The average molecular weight is 314 g/mol. The highest BCUT2D eigenvalue weighted by atomic mass is 79.9. The monoisotopic (exact) mass is 313 g/mol. The first-order valence-electron chi connectivity index (χ1n) is 6.62. The SMILES string of the molecule is CC1(C)CCCCC1C(N)c1cc(Br)ccc1F. The molecule has 0 heterocycles. The normalized spacial score (nSPS) is 24.8. The Morgan fingerprint density at radius 2 is 2.11 bits per heavy atom. The van der Waals surface area contributed by atoms with E-state index >= 15 is 0 Å². The molecule has 0 radical (unpaired) electrons. The number of nitrogens with two attached hydrogens (primary N) is 1. The lowest BCUT2D eigenvalue weighted by Gasteiger charge is -2.42. The number of hydrogen-bond acceptors (Lipinski definition) is 1. The van der Waals surface area contributed by atoms with Gasteiger partial charge in [-0.1, -0.05) is 42.6 Å². The van der Waals surface area contributed by atoms with Crippen LogP contribution in [0.25, 0.3) is 0 Å². The van der Waals surface area contributed by atoms with Gasteiger partial charge in [-0.3, -0.25) is 0 Å². The van der Waals surface area contributed by atoms with Gasteiger partial charge in [0.2, 0.25) is 0 Å². The van der Waals surface area contributed by atoms with Gasteiger partial charge in [0.1, 0.15) is 5.82 Å². The molecule has 0 spiro atoms. The van der Waals surface area contributed by atoms with E-state index in [9.17, 15) is 4.39 Å². The number of benzene rings is 1. The van der Waals surface area contributed by atoms with Crippen LogP contribution in [-0.2, 0) is 0 Å². The third-order valence-corrected chi connectivity index (χ3v) is 4.83. The van der Waals surface area contributed by atoms with E-state index in [2.05, 4.69) is 29.8 Å². The van der Waals surface area contributed by atoms with E-state index in [1.54, 1.807) is 6.07 Å². The molecule has 1 nitrogen and oxygen atoms in total. The largest absolute Gasteiger partial charge is 0.324 e. The fourth-order valence-electron chi connectivity index (χ4n) is 3.17. The van der Waals surface area contributed by atoms with Crippen LogP contribution in [0.3, 0.4) is 0 Å². The predicted octanol–water partition coefficient (Wildman–Crippen LogP) is 4.80. The van der Waals surface area contributed by atoms with Crippen molar-refractivity contribution >= 4 is 15.9 Å². The van der Waals surface area contributed by atoms with E-state index in [-0.39, 0.29) is 17.3 Å². The molecule has 1 fully saturated rings. The van der Waals surface area contributed by atoms with E-state index in [0.717, 1.165) is 10.9 Å². The maximum Gasteiger partial charge on any atom is 0.128 e. The quantitative estimate of drug-likeness (QED) is 0.833. The Morgan fingerprint density at radius 3 is 2.78 bits per heavy atom. The first-order chi connectivity index (χ1) is 8.42. The summed E-state index contributed by atoms with van der Waals surface area (Å²) in [6.07, 6.45) is 4.75. The van der Waals surface area contributed by atoms with Crippen molar-refractivity contribution in [3.63, 3.8) is 0 Å². The van der Waals surface area contributed by atoms with E-state index in [1.165, 1.54) is 25.3 Å². The maximum atomic E-state index is 13.9. The van der Waals surface area contributed by atoms with Gasteiger partial charge in [0.25, 0.3) is 0 Å². The van der Waals surface area contributed by atoms with Gasteiger partial charge in [-0.15, -0.1) is 0 Å². The van der Waals surface area contributed by atoms with Gasteiger partial charge in [-0.05, 0) is 42.4 Å². The van der Waals surface area contributed by atoms with Crippen molar-refractivity contribution in [1.29, 1.82) is 0 Å². The van der Waals surface area contributed by atoms with E-state index in [4.69, 9.17) is 5.73 Å². The van der Waals surface area contributed by atoms with Crippen LogP contribution in [0.15, 0.2) is 22.7 Å².